The molecule has 0 radical (unpaired) electrons. The molecule has 0 bridgehead atoms. The van der Waals surface area contributed by atoms with Gasteiger partial charge in [-0.2, -0.15) is 0 Å². The van der Waals surface area contributed by atoms with E-state index in [1.165, 1.54) is 6.07 Å². The van der Waals surface area contributed by atoms with Gasteiger partial charge >= 0.3 is 0 Å². The number of oxazole rings is 1. The lowest BCUT2D eigenvalue weighted by Crippen LogP contribution is -2.38. The number of rotatable bonds is 6. The van der Waals surface area contributed by atoms with E-state index in [0.29, 0.717) is 24.9 Å². The molecule has 0 amide bonds. The quantitative estimate of drug-likeness (QED) is 0.282. The van der Waals surface area contributed by atoms with Crippen LogP contribution in [0.25, 0.3) is 10.9 Å². The number of hydrogen-bond acceptors (Lipinski definition) is 3. The Balaban J connectivity index is 0.00000261. The molecule has 3 rings (SSSR count). The van der Waals surface area contributed by atoms with Crippen molar-refractivity contribution in [2.24, 2.45) is 4.99 Å². The van der Waals surface area contributed by atoms with Crippen LogP contribution in [-0.2, 0) is 13.0 Å². The Morgan fingerprint density at radius 2 is 2.11 bits per heavy atom. The van der Waals surface area contributed by atoms with E-state index in [-0.39, 0.29) is 29.8 Å². The molecule has 6 nitrogen and oxygen atoms in total. The van der Waals surface area contributed by atoms with Crippen LogP contribution in [0.2, 0.25) is 0 Å². The Labute approximate surface area is 175 Å². The molecule has 2 aromatic heterocycles. The van der Waals surface area contributed by atoms with Gasteiger partial charge < -0.3 is 20.0 Å². The molecule has 0 atom stereocenters. The van der Waals surface area contributed by atoms with Gasteiger partial charge in [-0.25, -0.2) is 14.4 Å². The number of halogens is 2. The van der Waals surface area contributed by atoms with Crippen molar-refractivity contribution in [3.8, 4) is 0 Å². The second-order valence-corrected chi connectivity index (χ2v) is 6.12. The molecule has 0 fully saturated rings. The lowest BCUT2D eigenvalue weighted by molar-refractivity contribution is 0.473. The van der Waals surface area contributed by atoms with Crippen molar-refractivity contribution >= 4 is 40.8 Å². The van der Waals surface area contributed by atoms with Crippen molar-refractivity contribution in [2.45, 2.75) is 33.7 Å². The Hall–Kier alpha value is -2.10. The van der Waals surface area contributed by atoms with Gasteiger partial charge in [0.15, 0.2) is 5.96 Å². The minimum Gasteiger partial charge on any atom is -0.444 e. The Morgan fingerprint density at radius 3 is 2.81 bits per heavy atom. The predicted octanol–water partition coefficient (Wildman–Crippen LogP) is 3.83. The smallest absolute Gasteiger partial charge is 0.216 e. The molecule has 0 saturated heterocycles. The number of aromatic amines is 1. The number of H-pyrrole nitrogens is 1. The van der Waals surface area contributed by atoms with Gasteiger partial charge in [0.1, 0.15) is 18.1 Å². The molecule has 0 aliphatic carbocycles. The van der Waals surface area contributed by atoms with Crippen LogP contribution in [0.1, 0.15) is 29.8 Å². The first-order valence-corrected chi connectivity index (χ1v) is 8.77. The number of fused-ring (bicyclic) bond motifs is 1. The summed E-state index contributed by atoms with van der Waals surface area (Å²) in [5, 5.41) is 7.41. The summed E-state index contributed by atoms with van der Waals surface area (Å²) in [5.41, 5.74) is 2.90. The third-order valence-electron chi connectivity index (χ3n) is 4.21. The minimum atomic E-state index is -0.224. The largest absolute Gasteiger partial charge is 0.444 e. The van der Waals surface area contributed by atoms with Crippen LogP contribution in [0.3, 0.4) is 0 Å². The van der Waals surface area contributed by atoms with Crippen LogP contribution in [0.4, 0.5) is 4.39 Å². The zero-order valence-corrected chi connectivity index (χ0v) is 18.1. The summed E-state index contributed by atoms with van der Waals surface area (Å²) in [6.45, 7) is 7.64. The van der Waals surface area contributed by atoms with Crippen molar-refractivity contribution in [3.05, 3.63) is 53.1 Å². The van der Waals surface area contributed by atoms with Gasteiger partial charge in [0.05, 0.1) is 5.69 Å². The second-order valence-electron chi connectivity index (χ2n) is 6.12. The van der Waals surface area contributed by atoms with E-state index in [9.17, 15) is 4.39 Å². The molecule has 0 saturated carbocycles. The summed E-state index contributed by atoms with van der Waals surface area (Å²) in [6, 6.07) is 4.78. The molecule has 8 heteroatoms. The number of nitrogens with zero attached hydrogens (tertiary/aromatic N) is 2. The highest BCUT2D eigenvalue weighted by molar-refractivity contribution is 14.0. The highest BCUT2D eigenvalue weighted by Crippen LogP contribution is 2.19. The Bertz CT molecular complexity index is 899. The fourth-order valence-electron chi connectivity index (χ4n) is 2.77. The normalized spacial score (nSPS) is 11.5. The number of aliphatic imine (C=N–C) groups is 1. The summed E-state index contributed by atoms with van der Waals surface area (Å²) in [5.74, 6) is 1.90. The number of guanidine groups is 1. The van der Waals surface area contributed by atoms with Gasteiger partial charge in [-0.3, -0.25) is 0 Å². The van der Waals surface area contributed by atoms with E-state index in [4.69, 9.17) is 4.42 Å². The van der Waals surface area contributed by atoms with Crippen molar-refractivity contribution < 1.29 is 8.81 Å². The molecule has 0 aliphatic heterocycles. The zero-order chi connectivity index (χ0) is 18.5. The molecule has 2 heterocycles. The third-order valence-corrected chi connectivity index (χ3v) is 4.21. The van der Waals surface area contributed by atoms with Gasteiger partial charge in [0, 0.05) is 30.2 Å². The maximum absolute atomic E-state index is 13.5. The fourth-order valence-corrected chi connectivity index (χ4v) is 2.77. The lowest BCUT2D eigenvalue weighted by atomic mass is 10.1. The summed E-state index contributed by atoms with van der Waals surface area (Å²) >= 11 is 0. The average Bonchev–Trinajstić information content (AvgIpc) is 3.15. The SMILES string of the molecule is CCNC(=NCc1nc(C)c(C)o1)NCCc1c[nH]c2ccc(F)cc12.I. The first kappa shape index (κ1) is 21.2. The van der Waals surface area contributed by atoms with Crippen LogP contribution in [0.5, 0.6) is 0 Å². The summed E-state index contributed by atoms with van der Waals surface area (Å²) < 4.78 is 19.0. The van der Waals surface area contributed by atoms with Crippen LogP contribution >= 0.6 is 24.0 Å². The summed E-state index contributed by atoms with van der Waals surface area (Å²) in [7, 11) is 0. The molecule has 1 aromatic carbocycles. The third kappa shape index (κ3) is 5.44. The van der Waals surface area contributed by atoms with E-state index in [2.05, 4.69) is 25.6 Å². The van der Waals surface area contributed by atoms with Gasteiger partial charge in [0.2, 0.25) is 5.89 Å². The topological polar surface area (TPSA) is 78.2 Å². The maximum Gasteiger partial charge on any atom is 0.216 e. The van der Waals surface area contributed by atoms with E-state index in [1.807, 2.05) is 27.0 Å². The zero-order valence-electron chi connectivity index (χ0n) is 15.7. The lowest BCUT2D eigenvalue weighted by Gasteiger charge is -2.10. The monoisotopic (exact) mass is 485 g/mol. The van der Waals surface area contributed by atoms with Crippen LogP contribution in [0, 0.1) is 19.7 Å². The van der Waals surface area contributed by atoms with E-state index in [0.717, 1.165) is 40.9 Å². The van der Waals surface area contributed by atoms with Crippen molar-refractivity contribution in [1.29, 1.82) is 0 Å². The second kappa shape index (κ2) is 9.72. The maximum atomic E-state index is 13.5. The molecule has 0 aliphatic rings. The van der Waals surface area contributed by atoms with Gasteiger partial charge in [-0.05, 0) is 51.0 Å². The number of nitrogens with one attached hydrogen (secondary N) is 3. The van der Waals surface area contributed by atoms with Gasteiger partial charge in [0.25, 0.3) is 0 Å². The van der Waals surface area contributed by atoms with Crippen LogP contribution in [0.15, 0.2) is 33.8 Å². The summed E-state index contributed by atoms with van der Waals surface area (Å²) in [6.07, 6.45) is 2.68. The van der Waals surface area contributed by atoms with E-state index in [1.54, 1.807) is 12.1 Å². The molecule has 27 heavy (non-hydrogen) atoms. The predicted molar refractivity (Wildman–Crippen MR) is 116 cm³/mol. The molecule has 146 valence electrons. The average molecular weight is 485 g/mol. The standard InChI is InChI=1S/C19H24FN5O.HI/c1-4-21-19(24-11-18-25-12(2)13(3)26-18)22-8-7-14-10-23-17-6-5-15(20)9-16(14)17;/h5-6,9-10,23H,4,7-8,11H2,1-3H3,(H2,21,22,24);1H. The van der Waals surface area contributed by atoms with Gasteiger partial charge in [-0.1, -0.05) is 0 Å². The fraction of sp³-hybridized carbons (Fsp3) is 0.368. The van der Waals surface area contributed by atoms with Crippen molar-refractivity contribution in [1.82, 2.24) is 20.6 Å². The van der Waals surface area contributed by atoms with E-state index >= 15 is 0 Å². The number of benzene rings is 1. The minimum absolute atomic E-state index is 0. The molecule has 0 unspecified atom stereocenters. The van der Waals surface area contributed by atoms with Crippen LogP contribution in [-0.4, -0.2) is 29.0 Å². The highest BCUT2D eigenvalue weighted by atomic mass is 127. The number of hydrogen-bond donors (Lipinski definition) is 3. The Kier molecular flexibility index (Phi) is 7.64. The van der Waals surface area contributed by atoms with Crippen molar-refractivity contribution in [2.75, 3.05) is 13.1 Å². The molecule has 3 N–H and O–H groups in total. The first-order valence-electron chi connectivity index (χ1n) is 8.77. The van der Waals surface area contributed by atoms with Crippen LogP contribution < -0.4 is 10.6 Å². The number of aromatic nitrogens is 2. The molecular formula is C19H25FIN5O. The van der Waals surface area contributed by atoms with E-state index < -0.39 is 0 Å². The molecule has 0 spiro atoms. The van der Waals surface area contributed by atoms with Gasteiger partial charge in [-0.15, -0.1) is 24.0 Å². The molecule has 3 aromatic rings. The Morgan fingerprint density at radius 1 is 1.30 bits per heavy atom. The van der Waals surface area contributed by atoms with Crippen molar-refractivity contribution in [3.63, 3.8) is 0 Å². The highest BCUT2D eigenvalue weighted by Gasteiger charge is 2.07. The molecular weight excluding hydrogens is 460 g/mol. The first-order chi connectivity index (χ1) is 12.6. The number of aryl methyl sites for hydroxylation is 2. The summed E-state index contributed by atoms with van der Waals surface area (Å²) in [4.78, 5) is 12.0.